The lowest BCUT2D eigenvalue weighted by molar-refractivity contribution is 0.0909. The van der Waals surface area contributed by atoms with Crippen molar-refractivity contribution < 1.29 is 9.18 Å². The standard InChI is InChI=1S/C18H18FN5O/c19-12-4-1-3-11(9-12)7-8-20-10-15-21-14-6-2-5-13-16(14)17(22-15)23-24-18(13)25/h1-6,9,17,20,23H,7-8,10H2,(H,21,22)(H,24,25). The molecule has 6 nitrogen and oxygen atoms in total. The molecule has 4 rings (SSSR count). The van der Waals surface area contributed by atoms with E-state index in [-0.39, 0.29) is 17.9 Å². The van der Waals surface area contributed by atoms with Gasteiger partial charge in [-0.15, -0.1) is 0 Å². The van der Waals surface area contributed by atoms with E-state index < -0.39 is 0 Å². The first-order valence-electron chi connectivity index (χ1n) is 8.18. The molecule has 0 radical (unpaired) electrons. The first-order chi connectivity index (χ1) is 12.2. The van der Waals surface area contributed by atoms with E-state index in [0.29, 0.717) is 18.7 Å². The molecule has 0 bridgehead atoms. The first-order valence-corrected chi connectivity index (χ1v) is 8.18. The Kier molecular flexibility index (Phi) is 4.17. The van der Waals surface area contributed by atoms with Crippen LogP contribution in [-0.4, -0.2) is 24.8 Å². The van der Waals surface area contributed by atoms with Crippen LogP contribution < -0.4 is 21.5 Å². The van der Waals surface area contributed by atoms with Gasteiger partial charge >= 0.3 is 0 Å². The monoisotopic (exact) mass is 339 g/mol. The summed E-state index contributed by atoms with van der Waals surface area (Å²) in [5, 5.41) is 6.58. The second kappa shape index (κ2) is 6.62. The van der Waals surface area contributed by atoms with Gasteiger partial charge in [-0.05, 0) is 42.8 Å². The van der Waals surface area contributed by atoms with Crippen molar-refractivity contribution in [1.29, 1.82) is 0 Å². The van der Waals surface area contributed by atoms with E-state index >= 15 is 0 Å². The maximum Gasteiger partial charge on any atom is 0.265 e. The summed E-state index contributed by atoms with van der Waals surface area (Å²) in [5.41, 5.74) is 8.91. The van der Waals surface area contributed by atoms with Crippen molar-refractivity contribution >= 4 is 17.4 Å². The van der Waals surface area contributed by atoms with Crippen LogP contribution in [0, 0.1) is 5.82 Å². The summed E-state index contributed by atoms with van der Waals surface area (Å²) in [4.78, 5) is 16.5. The molecular weight excluding hydrogens is 321 g/mol. The van der Waals surface area contributed by atoms with Crippen LogP contribution in [0.2, 0.25) is 0 Å². The third-order valence-electron chi connectivity index (χ3n) is 4.28. The Morgan fingerprint density at radius 1 is 1.20 bits per heavy atom. The summed E-state index contributed by atoms with van der Waals surface area (Å²) in [6.45, 7) is 1.27. The highest BCUT2D eigenvalue weighted by Crippen LogP contribution is 2.32. The Labute approximate surface area is 144 Å². The van der Waals surface area contributed by atoms with Crippen molar-refractivity contribution in [2.75, 3.05) is 18.4 Å². The fraction of sp³-hybridized carbons (Fsp3) is 0.222. The highest BCUT2D eigenvalue weighted by Gasteiger charge is 2.30. The number of carbonyl (C=O) groups is 1. The Balaban J connectivity index is 1.38. The second-order valence-electron chi connectivity index (χ2n) is 6.03. The number of nitrogens with one attached hydrogen (secondary N) is 4. The fourth-order valence-electron chi connectivity index (χ4n) is 3.10. The summed E-state index contributed by atoms with van der Waals surface area (Å²) in [7, 11) is 0. The molecule has 0 aliphatic carbocycles. The van der Waals surface area contributed by atoms with Crippen molar-refractivity contribution in [3.63, 3.8) is 0 Å². The van der Waals surface area contributed by atoms with Crippen LogP contribution in [0.25, 0.3) is 0 Å². The lowest BCUT2D eigenvalue weighted by Crippen LogP contribution is -2.47. The second-order valence-corrected chi connectivity index (χ2v) is 6.03. The maximum absolute atomic E-state index is 13.2. The third-order valence-corrected chi connectivity index (χ3v) is 4.28. The molecule has 0 saturated heterocycles. The zero-order chi connectivity index (χ0) is 17.2. The van der Waals surface area contributed by atoms with Crippen LogP contribution in [0.3, 0.4) is 0 Å². The lowest BCUT2D eigenvalue weighted by Gasteiger charge is -2.31. The predicted octanol–water partition coefficient (Wildman–Crippen LogP) is 1.73. The Morgan fingerprint density at radius 2 is 2.08 bits per heavy atom. The number of carbonyl (C=O) groups excluding carboxylic acids is 1. The molecule has 0 saturated carbocycles. The van der Waals surface area contributed by atoms with Crippen molar-refractivity contribution in [2.45, 2.75) is 12.6 Å². The molecule has 0 spiro atoms. The molecule has 1 unspecified atom stereocenters. The maximum atomic E-state index is 13.2. The smallest absolute Gasteiger partial charge is 0.265 e. The van der Waals surface area contributed by atoms with Gasteiger partial charge in [0.1, 0.15) is 17.8 Å². The molecule has 4 N–H and O–H groups in total. The van der Waals surface area contributed by atoms with Crippen LogP contribution >= 0.6 is 0 Å². The number of amidine groups is 1. The van der Waals surface area contributed by atoms with E-state index in [2.05, 4.69) is 26.5 Å². The number of anilines is 1. The molecule has 25 heavy (non-hydrogen) atoms. The molecule has 1 atom stereocenters. The van der Waals surface area contributed by atoms with Gasteiger partial charge in [-0.2, -0.15) is 0 Å². The molecule has 0 fully saturated rings. The number of hydrogen-bond donors (Lipinski definition) is 4. The van der Waals surface area contributed by atoms with Gasteiger partial charge in [0.05, 0.1) is 6.54 Å². The largest absolute Gasteiger partial charge is 0.343 e. The van der Waals surface area contributed by atoms with Crippen LogP contribution in [0.5, 0.6) is 0 Å². The fourth-order valence-corrected chi connectivity index (χ4v) is 3.10. The molecule has 2 aliphatic heterocycles. The summed E-state index contributed by atoms with van der Waals surface area (Å²) in [6, 6.07) is 12.2. The van der Waals surface area contributed by atoms with E-state index in [0.717, 1.165) is 29.1 Å². The molecule has 7 heteroatoms. The zero-order valence-electron chi connectivity index (χ0n) is 13.5. The third kappa shape index (κ3) is 3.24. The van der Waals surface area contributed by atoms with Crippen molar-refractivity contribution in [3.05, 3.63) is 65.0 Å². The Hall–Kier alpha value is -2.77. The topological polar surface area (TPSA) is 77.5 Å². The van der Waals surface area contributed by atoms with Gasteiger partial charge in [-0.1, -0.05) is 18.2 Å². The average molecular weight is 339 g/mol. The van der Waals surface area contributed by atoms with Gasteiger partial charge in [0.25, 0.3) is 5.91 Å². The average Bonchev–Trinajstić information content (AvgIpc) is 2.62. The quantitative estimate of drug-likeness (QED) is 0.626. The van der Waals surface area contributed by atoms with Gasteiger partial charge in [-0.25, -0.2) is 14.8 Å². The molecule has 1 amide bonds. The number of hydrazine groups is 1. The van der Waals surface area contributed by atoms with E-state index in [1.165, 1.54) is 6.07 Å². The van der Waals surface area contributed by atoms with E-state index in [1.54, 1.807) is 18.2 Å². The van der Waals surface area contributed by atoms with Crippen LogP contribution in [0.4, 0.5) is 10.1 Å². The summed E-state index contributed by atoms with van der Waals surface area (Å²) >= 11 is 0. The number of halogens is 1. The molecular formula is C18H18FN5O. The van der Waals surface area contributed by atoms with E-state index in [1.807, 2.05) is 18.2 Å². The minimum atomic E-state index is -0.287. The van der Waals surface area contributed by atoms with Crippen molar-refractivity contribution in [2.24, 2.45) is 4.99 Å². The number of hydrogen-bond acceptors (Lipinski definition) is 5. The molecule has 128 valence electrons. The van der Waals surface area contributed by atoms with Crippen LogP contribution in [0.15, 0.2) is 47.5 Å². The minimum absolute atomic E-state index is 0.151. The van der Waals surface area contributed by atoms with E-state index in [4.69, 9.17) is 0 Å². The highest BCUT2D eigenvalue weighted by atomic mass is 19.1. The van der Waals surface area contributed by atoms with Gasteiger partial charge in [0.2, 0.25) is 0 Å². The number of rotatable bonds is 5. The van der Waals surface area contributed by atoms with Gasteiger partial charge in [0, 0.05) is 16.8 Å². The molecule has 0 aromatic heterocycles. The number of aliphatic imine (C=N–C) groups is 1. The van der Waals surface area contributed by atoms with Crippen LogP contribution in [-0.2, 0) is 6.42 Å². The molecule has 2 aliphatic rings. The minimum Gasteiger partial charge on any atom is -0.343 e. The first kappa shape index (κ1) is 15.7. The summed E-state index contributed by atoms with van der Waals surface area (Å²) in [6.07, 6.45) is 0.453. The molecule has 2 aromatic carbocycles. The van der Waals surface area contributed by atoms with Crippen LogP contribution in [0.1, 0.15) is 27.7 Å². The summed E-state index contributed by atoms with van der Waals surface area (Å²) in [5.74, 6) is 0.424. The van der Waals surface area contributed by atoms with Gasteiger partial charge in [0.15, 0.2) is 0 Å². The Morgan fingerprint density at radius 3 is 2.96 bits per heavy atom. The normalized spacial score (nSPS) is 18.0. The molecule has 2 heterocycles. The number of nitrogens with zero attached hydrogens (tertiary/aromatic N) is 1. The molecule has 2 aromatic rings. The SMILES string of the molecule is O=C1NNC2N=C(CNCCc3cccc(F)c3)Nc3cccc1c32. The van der Waals surface area contributed by atoms with Crippen molar-refractivity contribution in [1.82, 2.24) is 16.2 Å². The Bertz CT molecular complexity index is 851. The van der Waals surface area contributed by atoms with Crippen molar-refractivity contribution in [3.8, 4) is 0 Å². The number of amides is 1. The zero-order valence-corrected chi connectivity index (χ0v) is 13.5. The van der Waals surface area contributed by atoms with E-state index in [9.17, 15) is 9.18 Å². The van der Waals surface area contributed by atoms with Gasteiger partial charge in [-0.3, -0.25) is 10.2 Å². The lowest BCUT2D eigenvalue weighted by atomic mass is 9.99. The highest BCUT2D eigenvalue weighted by molar-refractivity contribution is 6.04. The summed E-state index contributed by atoms with van der Waals surface area (Å²) < 4.78 is 13.2. The number of benzene rings is 2. The predicted molar refractivity (Wildman–Crippen MR) is 93.8 cm³/mol. The van der Waals surface area contributed by atoms with Gasteiger partial charge < -0.3 is 10.6 Å².